The molecule has 3 heterocycles. The van der Waals surface area contributed by atoms with Gasteiger partial charge in [-0.1, -0.05) is 48.0 Å². The summed E-state index contributed by atoms with van der Waals surface area (Å²) in [6, 6.07) is 15.6. The Hall–Kier alpha value is -4.16. The monoisotopic (exact) mass is 692 g/mol. The van der Waals surface area contributed by atoms with Crippen molar-refractivity contribution in [2.24, 2.45) is 5.92 Å². The minimum absolute atomic E-state index is 0.000532. The number of amides is 2. The fourth-order valence-corrected chi connectivity index (χ4v) is 8.06. The van der Waals surface area contributed by atoms with Crippen LogP contribution in [0.2, 0.25) is 5.02 Å². The van der Waals surface area contributed by atoms with Crippen LogP contribution in [0.4, 0.5) is 10.7 Å². The van der Waals surface area contributed by atoms with Gasteiger partial charge in [-0.2, -0.15) is 0 Å². The second-order valence-corrected chi connectivity index (χ2v) is 15.7. The molecule has 2 atom stereocenters. The normalized spacial score (nSPS) is 19.2. The average Bonchev–Trinajstić information content (AvgIpc) is 3.46. The lowest BCUT2D eigenvalue weighted by molar-refractivity contribution is -0.127. The van der Waals surface area contributed by atoms with Crippen LogP contribution in [0.15, 0.2) is 71.9 Å². The number of benzene rings is 2. The molecule has 1 saturated carbocycles. The zero-order chi connectivity index (χ0) is 34.1. The van der Waals surface area contributed by atoms with Crippen molar-refractivity contribution in [2.75, 3.05) is 18.4 Å². The number of hydrogen-bond donors (Lipinski definition) is 2. The van der Waals surface area contributed by atoms with Gasteiger partial charge < -0.3 is 20.3 Å². The van der Waals surface area contributed by atoms with Crippen molar-refractivity contribution in [3.05, 3.63) is 72.0 Å². The Morgan fingerprint density at radius 2 is 1.65 bits per heavy atom. The molecule has 2 aromatic carbocycles. The van der Waals surface area contributed by atoms with Crippen molar-refractivity contribution in [1.82, 2.24) is 24.2 Å². The number of halogens is 1. The van der Waals surface area contributed by atoms with Crippen molar-refractivity contribution in [3.63, 3.8) is 0 Å². The summed E-state index contributed by atoms with van der Waals surface area (Å²) in [5.74, 6) is 0.256. The van der Waals surface area contributed by atoms with E-state index in [0.29, 0.717) is 65.5 Å². The first-order valence-electron chi connectivity index (χ1n) is 16.4. The van der Waals surface area contributed by atoms with Crippen molar-refractivity contribution < 1.29 is 22.7 Å². The smallest absolute Gasteiger partial charge is 0.410 e. The summed E-state index contributed by atoms with van der Waals surface area (Å²) in [4.78, 5) is 36.7. The first-order chi connectivity index (χ1) is 22.9. The number of aromatic nitrogens is 3. The van der Waals surface area contributed by atoms with Gasteiger partial charge in [0, 0.05) is 48.2 Å². The highest BCUT2D eigenvalue weighted by Crippen LogP contribution is 2.36. The molecule has 2 amide bonds. The maximum absolute atomic E-state index is 13.6. The Bertz CT molecular complexity index is 1900. The molecule has 11 nitrogen and oxygen atoms in total. The maximum Gasteiger partial charge on any atom is 0.410 e. The number of piperidine rings is 1. The van der Waals surface area contributed by atoms with Crippen molar-refractivity contribution in [1.29, 1.82) is 0 Å². The molecule has 2 fully saturated rings. The number of hydrogen-bond acceptors (Lipinski definition) is 8. The molecule has 4 aromatic rings. The van der Waals surface area contributed by atoms with E-state index in [1.165, 1.54) is 10.2 Å². The van der Waals surface area contributed by atoms with Gasteiger partial charge in [0.05, 0.1) is 27.3 Å². The molecule has 1 aliphatic heterocycles. The Kier molecular flexibility index (Phi) is 9.67. The van der Waals surface area contributed by atoms with E-state index in [1.54, 1.807) is 53.6 Å². The van der Waals surface area contributed by atoms with Gasteiger partial charge in [-0.15, -0.1) is 0 Å². The number of likely N-dealkylation sites (tertiary alicyclic amines) is 1. The zero-order valence-electron chi connectivity index (χ0n) is 27.4. The number of ether oxygens (including phenoxy) is 1. The summed E-state index contributed by atoms with van der Waals surface area (Å²) in [5, 5.41) is 7.68. The van der Waals surface area contributed by atoms with E-state index in [-0.39, 0.29) is 34.9 Å². The van der Waals surface area contributed by atoms with E-state index >= 15 is 0 Å². The molecule has 2 aliphatic rings. The molecule has 13 heteroatoms. The first-order valence-corrected chi connectivity index (χ1v) is 18.2. The number of anilines is 1. The summed E-state index contributed by atoms with van der Waals surface area (Å²) in [6.45, 7) is 6.52. The number of carbonyl (C=O) groups is 2. The molecule has 2 unspecified atom stereocenters. The van der Waals surface area contributed by atoms with Crippen LogP contribution < -0.4 is 10.6 Å². The van der Waals surface area contributed by atoms with Gasteiger partial charge in [0.1, 0.15) is 5.60 Å². The SMILES string of the molecule is CC(C)(C)OC(=O)N1CCC(C(=O)NC2CCCC(Nc3ncc(Cl)c(-c4cn(S(=O)(=O)c5ccccc5)c5ccccc45)n3)C2)CC1. The lowest BCUT2D eigenvalue weighted by Crippen LogP contribution is -2.48. The Balaban J connectivity index is 1.13. The average molecular weight is 693 g/mol. The number of nitrogens with one attached hydrogen (secondary N) is 2. The molecule has 0 radical (unpaired) electrons. The van der Waals surface area contributed by atoms with Gasteiger partial charge in [-0.05, 0) is 77.5 Å². The molecule has 2 N–H and O–H groups in total. The number of nitrogens with zero attached hydrogens (tertiary/aromatic N) is 4. The number of para-hydroxylation sites is 1. The molecule has 2 aromatic heterocycles. The van der Waals surface area contributed by atoms with Gasteiger partial charge >= 0.3 is 6.09 Å². The second-order valence-electron chi connectivity index (χ2n) is 13.5. The van der Waals surface area contributed by atoms with Crippen molar-refractivity contribution >= 4 is 50.5 Å². The van der Waals surface area contributed by atoms with Gasteiger partial charge in [0.25, 0.3) is 10.0 Å². The number of carbonyl (C=O) groups excluding carboxylic acids is 2. The van der Waals surface area contributed by atoms with Crippen molar-refractivity contribution in [2.45, 2.75) is 81.9 Å². The van der Waals surface area contributed by atoms with Gasteiger partial charge in [-0.25, -0.2) is 27.2 Å². The molecule has 0 bridgehead atoms. The summed E-state index contributed by atoms with van der Waals surface area (Å²) in [6.07, 6.45) is 7.35. The second kappa shape index (κ2) is 13.8. The molecule has 48 heavy (non-hydrogen) atoms. The molecule has 0 spiro atoms. The van der Waals surface area contributed by atoms with E-state index < -0.39 is 15.6 Å². The Morgan fingerprint density at radius 1 is 0.958 bits per heavy atom. The van der Waals surface area contributed by atoms with E-state index in [2.05, 4.69) is 15.6 Å². The molecule has 1 saturated heterocycles. The zero-order valence-corrected chi connectivity index (χ0v) is 28.9. The summed E-state index contributed by atoms with van der Waals surface area (Å²) < 4.78 is 34.0. The largest absolute Gasteiger partial charge is 0.444 e. The first kappa shape index (κ1) is 33.7. The van der Waals surface area contributed by atoms with Crippen LogP contribution in [0.3, 0.4) is 0 Å². The fourth-order valence-electron chi connectivity index (χ4n) is 6.47. The Labute approximate surface area is 286 Å². The van der Waals surface area contributed by atoms with Crippen LogP contribution >= 0.6 is 11.6 Å². The standard InChI is InChI=1S/C35H41ClN6O5S/c1-35(2,3)47-34(44)41-18-16-23(17-19-41)32(43)38-24-10-9-11-25(20-24)39-33-37-21-29(36)31(40-33)28-22-42(30-15-8-7-14-27(28)30)48(45,46)26-12-5-4-6-13-26/h4-8,12-15,21-25H,9-11,16-20H2,1-3H3,(H,38,43)(H,37,39,40). The highest BCUT2D eigenvalue weighted by molar-refractivity contribution is 7.90. The lowest BCUT2D eigenvalue weighted by Gasteiger charge is -2.35. The molecule has 1 aliphatic carbocycles. The highest BCUT2D eigenvalue weighted by atomic mass is 35.5. The highest BCUT2D eigenvalue weighted by Gasteiger charge is 2.32. The number of rotatable bonds is 7. The van der Waals surface area contributed by atoms with E-state index in [1.807, 2.05) is 32.9 Å². The lowest BCUT2D eigenvalue weighted by atomic mass is 9.89. The van der Waals surface area contributed by atoms with Crippen LogP contribution in [0.1, 0.15) is 59.3 Å². The number of fused-ring (bicyclic) bond motifs is 1. The van der Waals surface area contributed by atoms with Crippen LogP contribution in [0.5, 0.6) is 0 Å². The molecule has 6 rings (SSSR count). The fraction of sp³-hybridized carbons (Fsp3) is 0.429. The molecular weight excluding hydrogens is 652 g/mol. The van der Waals surface area contributed by atoms with Crippen LogP contribution in [-0.2, 0) is 19.6 Å². The van der Waals surface area contributed by atoms with Crippen LogP contribution in [-0.4, -0.2) is 70.0 Å². The van der Waals surface area contributed by atoms with Gasteiger partial charge in [0.2, 0.25) is 11.9 Å². The molecule has 254 valence electrons. The third kappa shape index (κ3) is 7.44. The minimum Gasteiger partial charge on any atom is -0.444 e. The third-order valence-electron chi connectivity index (χ3n) is 8.85. The third-order valence-corrected chi connectivity index (χ3v) is 10.8. The predicted molar refractivity (Wildman–Crippen MR) is 185 cm³/mol. The van der Waals surface area contributed by atoms with E-state index in [0.717, 1.165) is 19.3 Å². The maximum atomic E-state index is 13.6. The predicted octanol–water partition coefficient (Wildman–Crippen LogP) is 6.48. The molecular formula is C35H41ClN6O5S. The minimum atomic E-state index is -3.88. The van der Waals surface area contributed by atoms with Crippen LogP contribution in [0.25, 0.3) is 22.2 Å². The summed E-state index contributed by atoms with van der Waals surface area (Å²) >= 11 is 6.64. The quantitative estimate of drug-likeness (QED) is 0.225. The van der Waals surface area contributed by atoms with Gasteiger partial charge in [0.15, 0.2) is 0 Å². The van der Waals surface area contributed by atoms with Crippen molar-refractivity contribution in [3.8, 4) is 11.3 Å². The topological polar surface area (TPSA) is 136 Å². The summed E-state index contributed by atoms with van der Waals surface area (Å²) in [5.41, 5.74) is 0.960. The van der Waals surface area contributed by atoms with E-state index in [4.69, 9.17) is 21.3 Å². The Morgan fingerprint density at radius 3 is 2.38 bits per heavy atom. The summed E-state index contributed by atoms with van der Waals surface area (Å²) in [7, 11) is -3.88. The van der Waals surface area contributed by atoms with E-state index in [9.17, 15) is 18.0 Å². The van der Waals surface area contributed by atoms with Crippen LogP contribution in [0, 0.1) is 5.92 Å². The van der Waals surface area contributed by atoms with Gasteiger partial charge in [-0.3, -0.25) is 4.79 Å².